The third-order valence-electron chi connectivity index (χ3n) is 3.68. The molecule has 0 spiro atoms. The number of benzene rings is 1. The van der Waals surface area contributed by atoms with E-state index >= 15 is 0 Å². The molecule has 1 heterocycles. The predicted molar refractivity (Wildman–Crippen MR) is 82.6 cm³/mol. The first kappa shape index (κ1) is 15.1. The van der Waals surface area contributed by atoms with Crippen LogP contribution in [-0.4, -0.2) is 33.8 Å². The van der Waals surface area contributed by atoms with Gasteiger partial charge in [-0.3, -0.25) is 9.59 Å². The van der Waals surface area contributed by atoms with Crippen molar-refractivity contribution < 1.29 is 9.59 Å². The molecular formula is C16H21NO2S. The van der Waals surface area contributed by atoms with Crippen LogP contribution in [-0.2, 0) is 16.0 Å². The molecule has 1 amide bonds. The van der Waals surface area contributed by atoms with Crippen molar-refractivity contribution in [2.45, 2.75) is 44.4 Å². The molecule has 1 aliphatic rings. The minimum atomic E-state index is 0.0987. The van der Waals surface area contributed by atoms with E-state index in [0.29, 0.717) is 13.0 Å². The van der Waals surface area contributed by atoms with Gasteiger partial charge in [0, 0.05) is 31.2 Å². The lowest BCUT2D eigenvalue weighted by atomic mass is 10.1. The van der Waals surface area contributed by atoms with Crippen molar-refractivity contribution in [3.8, 4) is 0 Å². The third-order valence-corrected chi connectivity index (χ3v) is 4.66. The Balaban J connectivity index is 1.85. The van der Waals surface area contributed by atoms with Crippen LogP contribution in [0.4, 0.5) is 0 Å². The maximum atomic E-state index is 12.0. The zero-order chi connectivity index (χ0) is 14.5. The molecule has 0 bridgehead atoms. The Kier molecular flexibility index (Phi) is 5.24. The van der Waals surface area contributed by atoms with Gasteiger partial charge in [0.05, 0.1) is 0 Å². The lowest BCUT2D eigenvalue weighted by molar-refractivity contribution is -0.129. The first-order valence-corrected chi connectivity index (χ1v) is 7.95. The number of amides is 1. The molecule has 1 aliphatic heterocycles. The molecule has 3 nitrogen and oxygen atoms in total. The number of thioether (sulfide) groups is 1. The van der Waals surface area contributed by atoms with Crippen LogP contribution in [0.2, 0.25) is 0 Å². The molecule has 2 unspecified atom stereocenters. The van der Waals surface area contributed by atoms with Crippen molar-refractivity contribution in [1.29, 1.82) is 0 Å². The van der Waals surface area contributed by atoms with E-state index in [1.165, 1.54) is 17.3 Å². The van der Waals surface area contributed by atoms with Crippen LogP contribution in [0.1, 0.15) is 32.3 Å². The van der Waals surface area contributed by atoms with Crippen LogP contribution in [0.15, 0.2) is 30.3 Å². The highest BCUT2D eigenvalue weighted by Crippen LogP contribution is 2.26. The molecule has 4 heteroatoms. The van der Waals surface area contributed by atoms with E-state index in [4.69, 9.17) is 0 Å². The van der Waals surface area contributed by atoms with E-state index in [1.807, 2.05) is 23.1 Å². The van der Waals surface area contributed by atoms with Gasteiger partial charge in [0.15, 0.2) is 5.12 Å². The number of rotatable bonds is 5. The summed E-state index contributed by atoms with van der Waals surface area (Å²) in [7, 11) is 0. The molecule has 20 heavy (non-hydrogen) atoms. The van der Waals surface area contributed by atoms with Crippen LogP contribution in [0.25, 0.3) is 0 Å². The van der Waals surface area contributed by atoms with Crippen LogP contribution >= 0.6 is 11.8 Å². The fraction of sp³-hybridized carbons (Fsp3) is 0.500. The van der Waals surface area contributed by atoms with Gasteiger partial charge in [-0.25, -0.2) is 0 Å². The van der Waals surface area contributed by atoms with Gasteiger partial charge in [0.25, 0.3) is 0 Å². The molecule has 1 saturated heterocycles. The van der Waals surface area contributed by atoms with Gasteiger partial charge in [0.1, 0.15) is 0 Å². The van der Waals surface area contributed by atoms with E-state index in [0.717, 1.165) is 12.8 Å². The lowest BCUT2D eigenvalue weighted by Gasteiger charge is -2.24. The van der Waals surface area contributed by atoms with E-state index < -0.39 is 0 Å². The minimum absolute atomic E-state index is 0.0987. The van der Waals surface area contributed by atoms with Gasteiger partial charge < -0.3 is 4.90 Å². The molecule has 1 fully saturated rings. The molecule has 0 saturated carbocycles. The Morgan fingerprint density at radius 3 is 2.75 bits per heavy atom. The number of carbonyl (C=O) groups is 2. The Labute approximate surface area is 124 Å². The van der Waals surface area contributed by atoms with Crippen molar-refractivity contribution in [2.75, 3.05) is 6.54 Å². The Morgan fingerprint density at radius 1 is 1.40 bits per heavy atom. The topological polar surface area (TPSA) is 37.4 Å². The molecule has 1 aromatic carbocycles. The van der Waals surface area contributed by atoms with Gasteiger partial charge >= 0.3 is 0 Å². The van der Waals surface area contributed by atoms with E-state index in [9.17, 15) is 9.59 Å². The van der Waals surface area contributed by atoms with Crippen molar-refractivity contribution in [3.63, 3.8) is 0 Å². The monoisotopic (exact) mass is 291 g/mol. The maximum Gasteiger partial charge on any atom is 0.224 e. The van der Waals surface area contributed by atoms with Gasteiger partial charge in [-0.15, -0.1) is 0 Å². The summed E-state index contributed by atoms with van der Waals surface area (Å²) < 4.78 is 0. The standard InChI is InChI=1S/C16H21NO2S/c1-12(8-9-14-6-4-3-5-7-14)17-11-15(10-16(17)19)20-13(2)18/h3-7,12,15H,8-11H2,1-2H3. The second-order valence-corrected chi connectivity index (χ2v) is 6.83. The van der Waals surface area contributed by atoms with Gasteiger partial charge in [-0.1, -0.05) is 42.1 Å². The number of likely N-dealkylation sites (tertiary alicyclic amines) is 1. The zero-order valence-electron chi connectivity index (χ0n) is 12.0. The van der Waals surface area contributed by atoms with Crippen molar-refractivity contribution in [1.82, 2.24) is 4.90 Å². The summed E-state index contributed by atoms with van der Waals surface area (Å²) in [4.78, 5) is 25.1. The summed E-state index contributed by atoms with van der Waals surface area (Å²) in [5.74, 6) is 0.185. The second kappa shape index (κ2) is 6.93. The zero-order valence-corrected chi connectivity index (χ0v) is 12.9. The van der Waals surface area contributed by atoms with Gasteiger partial charge in [0.2, 0.25) is 5.91 Å². The largest absolute Gasteiger partial charge is 0.339 e. The number of nitrogens with zero attached hydrogens (tertiary/aromatic N) is 1. The molecule has 0 aliphatic carbocycles. The maximum absolute atomic E-state index is 12.0. The molecule has 108 valence electrons. The Bertz CT molecular complexity index is 475. The summed E-state index contributed by atoms with van der Waals surface area (Å²) in [6, 6.07) is 10.6. The Morgan fingerprint density at radius 2 is 2.10 bits per heavy atom. The fourth-order valence-electron chi connectivity index (χ4n) is 2.61. The van der Waals surface area contributed by atoms with Gasteiger partial charge in [-0.2, -0.15) is 0 Å². The first-order valence-electron chi connectivity index (χ1n) is 7.07. The minimum Gasteiger partial charge on any atom is -0.339 e. The third kappa shape index (κ3) is 4.10. The summed E-state index contributed by atoms with van der Waals surface area (Å²) in [6.45, 7) is 4.37. The van der Waals surface area contributed by atoms with Crippen LogP contribution in [0.3, 0.4) is 0 Å². The molecular weight excluding hydrogens is 270 g/mol. The molecule has 0 radical (unpaired) electrons. The van der Waals surface area contributed by atoms with Crippen molar-refractivity contribution in [3.05, 3.63) is 35.9 Å². The SMILES string of the molecule is CC(=O)SC1CC(=O)N(C(C)CCc2ccccc2)C1. The molecule has 1 aromatic rings. The average Bonchev–Trinajstić information content (AvgIpc) is 2.77. The van der Waals surface area contributed by atoms with Crippen LogP contribution < -0.4 is 0 Å². The van der Waals surface area contributed by atoms with Gasteiger partial charge in [-0.05, 0) is 25.3 Å². The van der Waals surface area contributed by atoms with E-state index in [1.54, 1.807) is 6.92 Å². The Hall–Kier alpha value is -1.29. The van der Waals surface area contributed by atoms with Crippen LogP contribution in [0, 0.1) is 0 Å². The number of hydrogen-bond donors (Lipinski definition) is 0. The normalized spacial score (nSPS) is 20.2. The summed E-state index contributed by atoms with van der Waals surface area (Å²) in [6.07, 6.45) is 2.45. The summed E-state index contributed by atoms with van der Waals surface area (Å²) >= 11 is 1.30. The van der Waals surface area contributed by atoms with Crippen molar-refractivity contribution >= 4 is 22.8 Å². The van der Waals surface area contributed by atoms with Crippen molar-refractivity contribution in [2.24, 2.45) is 0 Å². The smallest absolute Gasteiger partial charge is 0.224 e. The fourth-order valence-corrected chi connectivity index (χ4v) is 3.54. The number of hydrogen-bond acceptors (Lipinski definition) is 3. The lowest BCUT2D eigenvalue weighted by Crippen LogP contribution is -2.35. The number of aryl methyl sites for hydroxylation is 1. The average molecular weight is 291 g/mol. The van der Waals surface area contributed by atoms with Crippen LogP contribution in [0.5, 0.6) is 0 Å². The van der Waals surface area contributed by atoms with E-state index in [-0.39, 0.29) is 22.3 Å². The summed E-state index contributed by atoms with van der Waals surface area (Å²) in [5, 5.41) is 0.237. The summed E-state index contributed by atoms with van der Waals surface area (Å²) in [5.41, 5.74) is 1.31. The highest BCUT2D eigenvalue weighted by Gasteiger charge is 2.33. The molecule has 2 rings (SSSR count). The first-order chi connectivity index (χ1) is 9.56. The molecule has 0 N–H and O–H groups in total. The quantitative estimate of drug-likeness (QED) is 0.837. The highest BCUT2D eigenvalue weighted by atomic mass is 32.2. The highest BCUT2D eigenvalue weighted by molar-refractivity contribution is 8.14. The number of carbonyl (C=O) groups excluding carboxylic acids is 2. The molecule has 0 aromatic heterocycles. The molecule has 2 atom stereocenters. The van der Waals surface area contributed by atoms with E-state index in [2.05, 4.69) is 19.1 Å². The predicted octanol–water partition coefficient (Wildman–Crippen LogP) is 2.89. The second-order valence-electron chi connectivity index (χ2n) is 5.35.